The zero-order valence-electron chi connectivity index (χ0n) is 13.3. The lowest BCUT2D eigenvalue weighted by molar-refractivity contribution is -0.391. The van der Waals surface area contributed by atoms with Gasteiger partial charge in [0.05, 0.1) is 13.3 Å². The van der Waals surface area contributed by atoms with E-state index >= 15 is 0 Å². The summed E-state index contributed by atoms with van der Waals surface area (Å²) >= 11 is 1.18. The summed E-state index contributed by atoms with van der Waals surface area (Å²) in [5.41, 5.74) is 3.60. The van der Waals surface area contributed by atoms with Crippen LogP contribution in [0.5, 0.6) is 11.5 Å². The van der Waals surface area contributed by atoms with E-state index < -0.39 is 4.92 Å². The number of hydrazone groups is 1. The third kappa shape index (κ3) is 2.93. The fourth-order valence-electron chi connectivity index (χ4n) is 2.28. The maximum Gasteiger partial charge on any atom is 0.342 e. The molecule has 0 saturated carbocycles. The van der Waals surface area contributed by atoms with Gasteiger partial charge in [-0.25, -0.2) is 9.55 Å². The standard InChI is InChI=1S/C14H11N7O4S/c1-20-11(21(22)23)6-15-12(20)13-17-19-14(26-13)18-16-5-8-2-3-9-10(4-8)25-7-24-9/h2-6H,7H2,1H3,(H,18,19)/b16-5-. The van der Waals surface area contributed by atoms with Gasteiger partial charge in [-0.2, -0.15) is 5.10 Å². The predicted molar refractivity (Wildman–Crippen MR) is 92.5 cm³/mol. The average Bonchev–Trinajstić information content (AvgIpc) is 3.33. The zero-order valence-corrected chi connectivity index (χ0v) is 14.1. The van der Waals surface area contributed by atoms with Crippen LogP contribution in [0.2, 0.25) is 0 Å². The molecule has 26 heavy (non-hydrogen) atoms. The lowest BCUT2D eigenvalue weighted by Crippen LogP contribution is -1.98. The van der Waals surface area contributed by atoms with Crippen LogP contribution in [0.25, 0.3) is 10.8 Å². The molecule has 1 aromatic carbocycles. The zero-order chi connectivity index (χ0) is 18.1. The number of hydrogen-bond donors (Lipinski definition) is 1. The van der Waals surface area contributed by atoms with Crippen molar-refractivity contribution in [2.45, 2.75) is 0 Å². The van der Waals surface area contributed by atoms with Crippen LogP contribution in [0.1, 0.15) is 5.56 Å². The molecule has 0 unspecified atom stereocenters. The Morgan fingerprint density at radius 1 is 1.38 bits per heavy atom. The number of ether oxygens (including phenoxy) is 2. The first-order chi connectivity index (χ1) is 12.6. The van der Waals surface area contributed by atoms with Gasteiger partial charge in [0.25, 0.3) is 5.82 Å². The van der Waals surface area contributed by atoms with E-state index in [1.165, 1.54) is 22.1 Å². The molecular formula is C14H11N7O4S. The molecule has 0 atom stereocenters. The Morgan fingerprint density at radius 3 is 3.04 bits per heavy atom. The number of anilines is 1. The SMILES string of the molecule is Cn1c([N+](=O)[O-])cnc1-c1nnc(N/N=C\c2ccc3c(c2)OCO3)s1. The summed E-state index contributed by atoms with van der Waals surface area (Å²) in [4.78, 5) is 14.4. The molecule has 0 aliphatic carbocycles. The van der Waals surface area contributed by atoms with E-state index in [-0.39, 0.29) is 12.6 Å². The fraction of sp³-hybridized carbons (Fsp3) is 0.143. The Bertz CT molecular complexity index is 1010. The monoisotopic (exact) mass is 373 g/mol. The molecule has 0 fully saturated rings. The second-order valence-electron chi connectivity index (χ2n) is 5.15. The summed E-state index contributed by atoms with van der Waals surface area (Å²) in [5.74, 6) is 1.61. The van der Waals surface area contributed by atoms with Crippen molar-refractivity contribution in [1.82, 2.24) is 19.7 Å². The summed E-state index contributed by atoms with van der Waals surface area (Å²) in [6.07, 6.45) is 2.79. The van der Waals surface area contributed by atoms with Crippen molar-refractivity contribution in [3.05, 3.63) is 40.1 Å². The molecule has 4 rings (SSSR count). The van der Waals surface area contributed by atoms with Crippen LogP contribution in [0.15, 0.2) is 29.5 Å². The minimum absolute atomic E-state index is 0.120. The van der Waals surface area contributed by atoms with Gasteiger partial charge in [-0.15, -0.1) is 10.2 Å². The van der Waals surface area contributed by atoms with Crippen LogP contribution in [0.3, 0.4) is 0 Å². The number of hydrogen-bond acceptors (Lipinski definition) is 10. The summed E-state index contributed by atoms with van der Waals surface area (Å²) < 4.78 is 11.9. The fourth-order valence-corrected chi connectivity index (χ4v) is 3.01. The Morgan fingerprint density at radius 2 is 2.23 bits per heavy atom. The van der Waals surface area contributed by atoms with E-state index in [4.69, 9.17) is 9.47 Å². The number of imidazole rings is 1. The topological polar surface area (TPSA) is 130 Å². The summed E-state index contributed by atoms with van der Waals surface area (Å²) in [7, 11) is 1.55. The van der Waals surface area contributed by atoms with Crippen LogP contribution in [0.4, 0.5) is 10.9 Å². The third-order valence-electron chi connectivity index (χ3n) is 3.54. The van der Waals surface area contributed by atoms with Gasteiger partial charge in [0.1, 0.15) is 6.20 Å². The molecule has 0 amide bonds. The molecule has 12 heteroatoms. The Labute approximate surface area is 150 Å². The normalized spacial score (nSPS) is 12.7. The summed E-state index contributed by atoms with van der Waals surface area (Å²) in [6.45, 7) is 0.215. The average molecular weight is 373 g/mol. The first-order valence-electron chi connectivity index (χ1n) is 7.30. The molecule has 11 nitrogen and oxygen atoms in total. The van der Waals surface area contributed by atoms with E-state index in [2.05, 4.69) is 25.7 Å². The van der Waals surface area contributed by atoms with Crippen LogP contribution < -0.4 is 14.9 Å². The molecule has 0 bridgehead atoms. The summed E-state index contributed by atoms with van der Waals surface area (Å²) in [6, 6.07) is 5.46. The van der Waals surface area contributed by atoms with Gasteiger partial charge in [-0.05, 0) is 28.7 Å². The highest BCUT2D eigenvalue weighted by molar-refractivity contribution is 7.18. The van der Waals surface area contributed by atoms with Gasteiger partial charge >= 0.3 is 5.82 Å². The van der Waals surface area contributed by atoms with E-state index in [1.807, 2.05) is 12.1 Å². The van der Waals surface area contributed by atoms with Crippen molar-refractivity contribution >= 4 is 28.5 Å². The van der Waals surface area contributed by atoms with Crippen molar-refractivity contribution in [3.63, 3.8) is 0 Å². The predicted octanol–water partition coefficient (Wildman–Crippen LogP) is 2.02. The van der Waals surface area contributed by atoms with Crippen LogP contribution in [-0.2, 0) is 7.05 Å². The molecule has 0 saturated heterocycles. The van der Waals surface area contributed by atoms with Crippen LogP contribution in [0, 0.1) is 10.1 Å². The smallest absolute Gasteiger partial charge is 0.342 e. The van der Waals surface area contributed by atoms with E-state index in [0.29, 0.717) is 27.5 Å². The van der Waals surface area contributed by atoms with Crippen molar-refractivity contribution in [3.8, 4) is 22.3 Å². The highest BCUT2D eigenvalue weighted by Gasteiger charge is 2.21. The van der Waals surface area contributed by atoms with Crippen LogP contribution >= 0.6 is 11.3 Å². The Hall–Kier alpha value is -3.54. The molecule has 3 aromatic rings. The maximum absolute atomic E-state index is 10.9. The number of fused-ring (bicyclic) bond motifs is 1. The highest BCUT2D eigenvalue weighted by Crippen LogP contribution is 2.32. The van der Waals surface area contributed by atoms with Gasteiger partial charge in [0.2, 0.25) is 16.9 Å². The van der Waals surface area contributed by atoms with E-state index in [0.717, 1.165) is 5.56 Å². The molecular weight excluding hydrogens is 362 g/mol. The number of benzene rings is 1. The quantitative estimate of drug-likeness (QED) is 0.408. The number of aromatic nitrogens is 4. The molecule has 1 aliphatic heterocycles. The Balaban J connectivity index is 1.46. The van der Waals surface area contributed by atoms with Gasteiger partial charge in [-0.3, -0.25) is 5.43 Å². The first kappa shape index (κ1) is 16.0. The molecule has 0 radical (unpaired) electrons. The van der Waals surface area contributed by atoms with Gasteiger partial charge in [0, 0.05) is 0 Å². The largest absolute Gasteiger partial charge is 0.454 e. The molecule has 1 aliphatic rings. The molecule has 2 aromatic heterocycles. The van der Waals surface area contributed by atoms with Crippen molar-refractivity contribution in [2.24, 2.45) is 12.1 Å². The minimum Gasteiger partial charge on any atom is -0.454 e. The minimum atomic E-state index is -0.508. The lowest BCUT2D eigenvalue weighted by atomic mass is 10.2. The highest BCUT2D eigenvalue weighted by atomic mass is 32.1. The third-order valence-corrected chi connectivity index (χ3v) is 4.36. The molecule has 1 N–H and O–H groups in total. The lowest BCUT2D eigenvalue weighted by Gasteiger charge is -1.97. The molecule has 132 valence electrons. The second kappa shape index (κ2) is 6.40. The van der Waals surface area contributed by atoms with Gasteiger partial charge < -0.3 is 19.6 Å². The number of nitrogens with one attached hydrogen (secondary N) is 1. The van der Waals surface area contributed by atoms with Gasteiger partial charge in [0.15, 0.2) is 11.5 Å². The molecule has 0 spiro atoms. The molecule has 3 heterocycles. The number of nitrogens with zero attached hydrogens (tertiary/aromatic N) is 6. The Kier molecular flexibility index (Phi) is 3.93. The number of nitro groups is 1. The number of rotatable bonds is 5. The van der Waals surface area contributed by atoms with Crippen molar-refractivity contribution in [1.29, 1.82) is 0 Å². The first-order valence-corrected chi connectivity index (χ1v) is 8.12. The van der Waals surface area contributed by atoms with E-state index in [9.17, 15) is 10.1 Å². The van der Waals surface area contributed by atoms with Crippen molar-refractivity contribution < 1.29 is 14.4 Å². The summed E-state index contributed by atoms with van der Waals surface area (Å²) in [5, 5.41) is 23.8. The van der Waals surface area contributed by atoms with E-state index in [1.54, 1.807) is 19.3 Å². The van der Waals surface area contributed by atoms with Crippen molar-refractivity contribution in [2.75, 3.05) is 12.2 Å². The second-order valence-corrected chi connectivity index (χ2v) is 6.13. The maximum atomic E-state index is 10.9. The van der Waals surface area contributed by atoms with Gasteiger partial charge in [-0.1, -0.05) is 11.3 Å². The van der Waals surface area contributed by atoms with Crippen LogP contribution in [-0.4, -0.2) is 37.7 Å².